The van der Waals surface area contributed by atoms with Crippen molar-refractivity contribution in [3.05, 3.63) is 33.1 Å². The molecule has 7 nitrogen and oxygen atoms in total. The minimum absolute atomic E-state index is 0.0470. The van der Waals surface area contributed by atoms with Gasteiger partial charge in [0.05, 0.1) is 12.7 Å². The minimum atomic E-state index is -0.480. The van der Waals surface area contributed by atoms with Crippen molar-refractivity contribution in [2.45, 2.75) is 25.2 Å². The van der Waals surface area contributed by atoms with E-state index in [9.17, 15) is 9.59 Å². The van der Waals surface area contributed by atoms with Crippen LogP contribution in [0.5, 0.6) is 0 Å². The van der Waals surface area contributed by atoms with E-state index in [0.29, 0.717) is 12.8 Å². The Hall–Kier alpha value is -1.44. The fraction of sp³-hybridized carbons (Fsp3) is 0.636. The first-order chi connectivity index (χ1) is 8.62. The molecule has 7 heteroatoms. The minimum Gasteiger partial charge on any atom is -0.394 e. The Balaban J connectivity index is 0.000000492. The van der Waals surface area contributed by atoms with Gasteiger partial charge >= 0.3 is 5.69 Å². The SMILES string of the molecule is COC.O=c1ccn([C@H]2CC[C@@H](CO)O2)c(=O)[nH]1. The van der Waals surface area contributed by atoms with E-state index in [1.807, 2.05) is 0 Å². The Kier molecular flexibility index (Phi) is 5.76. The normalized spacial score (nSPS) is 22.4. The van der Waals surface area contributed by atoms with E-state index < -0.39 is 11.2 Å². The van der Waals surface area contributed by atoms with Crippen LogP contribution in [0.1, 0.15) is 19.1 Å². The summed E-state index contributed by atoms with van der Waals surface area (Å²) in [6.45, 7) is -0.0470. The van der Waals surface area contributed by atoms with E-state index in [1.165, 1.54) is 16.8 Å². The van der Waals surface area contributed by atoms with Crippen molar-refractivity contribution in [3.8, 4) is 0 Å². The molecule has 0 bridgehead atoms. The van der Waals surface area contributed by atoms with E-state index in [4.69, 9.17) is 9.84 Å². The van der Waals surface area contributed by atoms with Crippen molar-refractivity contribution >= 4 is 0 Å². The van der Waals surface area contributed by atoms with E-state index in [2.05, 4.69) is 9.72 Å². The van der Waals surface area contributed by atoms with Crippen molar-refractivity contribution in [3.63, 3.8) is 0 Å². The summed E-state index contributed by atoms with van der Waals surface area (Å²) >= 11 is 0. The molecule has 0 aliphatic carbocycles. The summed E-state index contributed by atoms with van der Waals surface area (Å²) in [4.78, 5) is 24.4. The zero-order chi connectivity index (χ0) is 13.5. The highest BCUT2D eigenvalue weighted by atomic mass is 16.5. The number of ether oxygens (including phenoxy) is 2. The lowest BCUT2D eigenvalue weighted by Gasteiger charge is -2.13. The molecule has 0 spiro atoms. The molecule has 1 saturated heterocycles. The lowest BCUT2D eigenvalue weighted by atomic mass is 10.2. The van der Waals surface area contributed by atoms with Crippen LogP contribution >= 0.6 is 0 Å². The van der Waals surface area contributed by atoms with E-state index in [1.54, 1.807) is 14.2 Å². The third kappa shape index (κ3) is 3.80. The molecule has 18 heavy (non-hydrogen) atoms. The Morgan fingerprint density at radius 1 is 1.50 bits per heavy atom. The molecule has 0 saturated carbocycles. The van der Waals surface area contributed by atoms with E-state index in [0.717, 1.165) is 0 Å². The van der Waals surface area contributed by atoms with Crippen LogP contribution < -0.4 is 11.2 Å². The van der Waals surface area contributed by atoms with Crippen molar-refractivity contribution in [1.82, 2.24) is 9.55 Å². The van der Waals surface area contributed by atoms with Crippen LogP contribution in [-0.4, -0.2) is 41.6 Å². The number of aromatic amines is 1. The topological polar surface area (TPSA) is 93.5 Å². The van der Waals surface area contributed by atoms with Gasteiger partial charge in [0.1, 0.15) is 6.23 Å². The van der Waals surface area contributed by atoms with Gasteiger partial charge in [0.15, 0.2) is 0 Å². The Labute approximate surface area is 104 Å². The number of hydrogen-bond donors (Lipinski definition) is 2. The molecule has 1 aliphatic rings. The quantitative estimate of drug-likeness (QED) is 0.743. The molecule has 0 amide bonds. The third-order valence-electron chi connectivity index (χ3n) is 2.45. The molecule has 0 aromatic carbocycles. The van der Waals surface area contributed by atoms with Gasteiger partial charge in [-0.2, -0.15) is 0 Å². The maximum atomic E-state index is 11.4. The smallest absolute Gasteiger partial charge is 0.330 e. The maximum Gasteiger partial charge on any atom is 0.330 e. The lowest BCUT2D eigenvalue weighted by Crippen LogP contribution is -2.31. The van der Waals surface area contributed by atoms with Crippen molar-refractivity contribution in [2.75, 3.05) is 20.8 Å². The van der Waals surface area contributed by atoms with E-state index >= 15 is 0 Å². The maximum absolute atomic E-state index is 11.4. The molecule has 0 radical (unpaired) electrons. The predicted molar refractivity (Wildman–Crippen MR) is 64.5 cm³/mol. The van der Waals surface area contributed by atoms with Crippen LogP contribution in [0.25, 0.3) is 0 Å². The number of nitrogens with one attached hydrogen (secondary N) is 1. The first-order valence-electron chi connectivity index (χ1n) is 5.60. The number of aliphatic hydroxyl groups excluding tert-OH is 1. The van der Waals surface area contributed by atoms with Crippen molar-refractivity contribution < 1.29 is 14.6 Å². The fourth-order valence-electron chi connectivity index (χ4n) is 1.68. The third-order valence-corrected chi connectivity index (χ3v) is 2.45. The van der Waals surface area contributed by atoms with Gasteiger partial charge in [-0.25, -0.2) is 4.79 Å². The van der Waals surface area contributed by atoms with Gasteiger partial charge in [0.25, 0.3) is 5.56 Å². The predicted octanol–water partition coefficient (Wildman–Crippen LogP) is -0.531. The molecule has 102 valence electrons. The fourth-order valence-corrected chi connectivity index (χ4v) is 1.68. The molecule has 2 heterocycles. The summed E-state index contributed by atoms with van der Waals surface area (Å²) in [5.74, 6) is 0. The van der Waals surface area contributed by atoms with Gasteiger partial charge in [0.2, 0.25) is 0 Å². The van der Waals surface area contributed by atoms with Crippen LogP contribution in [0, 0.1) is 0 Å². The zero-order valence-corrected chi connectivity index (χ0v) is 10.5. The van der Waals surface area contributed by atoms with Crippen LogP contribution in [-0.2, 0) is 9.47 Å². The van der Waals surface area contributed by atoms with Crippen LogP contribution in [0.2, 0.25) is 0 Å². The first-order valence-corrected chi connectivity index (χ1v) is 5.60. The summed E-state index contributed by atoms with van der Waals surface area (Å²) < 4.78 is 11.0. The second kappa shape index (κ2) is 7.10. The van der Waals surface area contributed by atoms with Gasteiger partial charge in [-0.3, -0.25) is 14.3 Å². The zero-order valence-electron chi connectivity index (χ0n) is 10.5. The molecule has 2 N–H and O–H groups in total. The Bertz CT molecular complexity index is 467. The summed E-state index contributed by atoms with van der Waals surface area (Å²) in [7, 11) is 3.25. The van der Waals surface area contributed by atoms with Gasteiger partial charge in [-0.05, 0) is 12.8 Å². The van der Waals surface area contributed by atoms with Crippen molar-refractivity contribution in [2.24, 2.45) is 0 Å². The molecule has 1 aromatic rings. The standard InChI is InChI=1S/C9H12N2O4.C2H6O/c12-5-6-1-2-8(15-6)11-4-3-7(13)10-9(11)14;1-3-2/h3-4,6,8,12H,1-2,5H2,(H,10,13,14);1-2H3/t6-,8+;/m0./s1. The largest absolute Gasteiger partial charge is 0.394 e. The molecule has 0 unspecified atom stereocenters. The number of nitrogens with zero attached hydrogens (tertiary/aromatic N) is 1. The average molecular weight is 258 g/mol. The number of hydrogen-bond acceptors (Lipinski definition) is 5. The molecule has 2 rings (SSSR count). The van der Waals surface area contributed by atoms with Crippen LogP contribution in [0.4, 0.5) is 0 Å². The number of H-pyrrole nitrogens is 1. The van der Waals surface area contributed by atoms with Gasteiger partial charge in [0, 0.05) is 26.5 Å². The number of aliphatic hydroxyl groups is 1. The second-order valence-corrected chi connectivity index (χ2v) is 3.90. The van der Waals surface area contributed by atoms with E-state index in [-0.39, 0.29) is 18.9 Å². The monoisotopic (exact) mass is 258 g/mol. The molecular weight excluding hydrogens is 240 g/mol. The molecule has 1 aromatic heterocycles. The number of rotatable bonds is 2. The molecule has 2 atom stereocenters. The second-order valence-electron chi connectivity index (χ2n) is 3.90. The van der Waals surface area contributed by atoms with Crippen LogP contribution in [0.3, 0.4) is 0 Å². The van der Waals surface area contributed by atoms with Crippen LogP contribution in [0.15, 0.2) is 21.9 Å². The summed E-state index contributed by atoms with van der Waals surface area (Å²) in [6, 6.07) is 1.27. The highest BCUT2D eigenvalue weighted by Crippen LogP contribution is 2.26. The average Bonchev–Trinajstić information content (AvgIpc) is 2.78. The lowest BCUT2D eigenvalue weighted by molar-refractivity contribution is -0.0246. The number of aromatic nitrogens is 2. The summed E-state index contributed by atoms with van der Waals surface area (Å²) in [5.41, 5.74) is -0.904. The Morgan fingerprint density at radius 3 is 2.67 bits per heavy atom. The summed E-state index contributed by atoms with van der Waals surface area (Å²) in [5, 5.41) is 8.87. The summed E-state index contributed by atoms with van der Waals surface area (Å²) in [6.07, 6.45) is 2.19. The molecular formula is C11H18N2O5. The number of methoxy groups -OCH3 is 1. The van der Waals surface area contributed by atoms with Gasteiger partial charge in [-0.15, -0.1) is 0 Å². The first kappa shape index (κ1) is 14.6. The van der Waals surface area contributed by atoms with Crippen molar-refractivity contribution in [1.29, 1.82) is 0 Å². The highest BCUT2D eigenvalue weighted by molar-refractivity contribution is 4.85. The molecule has 1 aliphatic heterocycles. The van der Waals surface area contributed by atoms with Gasteiger partial charge < -0.3 is 14.6 Å². The van der Waals surface area contributed by atoms with Gasteiger partial charge in [-0.1, -0.05) is 0 Å². The Morgan fingerprint density at radius 2 is 2.17 bits per heavy atom. The molecule has 1 fully saturated rings. The highest BCUT2D eigenvalue weighted by Gasteiger charge is 2.26.